The quantitative estimate of drug-likeness (QED) is 0.870. The van der Waals surface area contributed by atoms with Gasteiger partial charge < -0.3 is 10.4 Å². The Balaban J connectivity index is 2.80. The molecule has 0 aliphatic rings. The van der Waals surface area contributed by atoms with Gasteiger partial charge in [-0.2, -0.15) is 13.2 Å². The summed E-state index contributed by atoms with van der Waals surface area (Å²) in [6, 6.07) is 1.29. The summed E-state index contributed by atoms with van der Waals surface area (Å²) in [6.45, 7) is 1.51. The molecule has 1 aromatic heterocycles. The van der Waals surface area contributed by atoms with Crippen LogP contribution in [0.1, 0.15) is 35.8 Å². The van der Waals surface area contributed by atoms with Gasteiger partial charge in [0.05, 0.1) is 5.56 Å². The first-order chi connectivity index (χ1) is 9.21. The zero-order valence-electron chi connectivity index (χ0n) is 10.6. The third kappa shape index (κ3) is 4.52. The van der Waals surface area contributed by atoms with Crippen LogP contribution in [-0.2, 0) is 11.0 Å². The number of nitrogens with one attached hydrogen (secondary N) is 1. The van der Waals surface area contributed by atoms with E-state index in [1.807, 2.05) is 0 Å². The molecular weight excluding hydrogens is 277 g/mol. The third-order valence-corrected chi connectivity index (χ3v) is 2.50. The van der Waals surface area contributed by atoms with Crippen LogP contribution in [0.2, 0.25) is 0 Å². The molecule has 1 atom stereocenters. The van der Waals surface area contributed by atoms with Gasteiger partial charge in [0.1, 0.15) is 5.69 Å². The molecule has 8 heteroatoms. The number of carbonyl (C=O) groups excluding carboxylic acids is 1. The van der Waals surface area contributed by atoms with Crippen LogP contribution in [0, 0.1) is 0 Å². The van der Waals surface area contributed by atoms with Gasteiger partial charge in [-0.25, -0.2) is 0 Å². The van der Waals surface area contributed by atoms with Crippen LogP contribution >= 0.6 is 0 Å². The van der Waals surface area contributed by atoms with Crippen LogP contribution < -0.4 is 5.32 Å². The summed E-state index contributed by atoms with van der Waals surface area (Å²) in [5.74, 6) is -2.02. The molecule has 0 aliphatic heterocycles. The highest BCUT2D eigenvalue weighted by molar-refractivity contribution is 5.94. The lowest BCUT2D eigenvalue weighted by molar-refractivity contribution is -0.138. The molecule has 0 fully saturated rings. The number of alkyl halides is 3. The first-order valence-corrected chi connectivity index (χ1v) is 5.76. The summed E-state index contributed by atoms with van der Waals surface area (Å²) in [4.78, 5) is 25.6. The maximum absolute atomic E-state index is 12.7. The van der Waals surface area contributed by atoms with Crippen molar-refractivity contribution in [2.45, 2.75) is 32.0 Å². The van der Waals surface area contributed by atoms with Crippen molar-refractivity contribution in [3.05, 3.63) is 29.6 Å². The Morgan fingerprint density at radius 1 is 1.45 bits per heavy atom. The van der Waals surface area contributed by atoms with E-state index >= 15 is 0 Å². The normalized spacial score (nSPS) is 12.8. The summed E-state index contributed by atoms with van der Waals surface area (Å²) in [6.07, 6.45) is -3.65. The predicted octanol–water partition coefficient (Wildman–Crippen LogP) is 2.08. The SMILES string of the molecule is CC(CCC(=O)O)NC(=O)c1ncccc1C(F)(F)F. The second-order valence-electron chi connectivity index (χ2n) is 4.20. The van der Waals surface area contributed by atoms with Crippen molar-refractivity contribution < 1.29 is 27.9 Å². The van der Waals surface area contributed by atoms with Crippen LogP contribution in [0.15, 0.2) is 18.3 Å². The minimum Gasteiger partial charge on any atom is -0.481 e. The first kappa shape index (κ1) is 15.9. The molecule has 0 radical (unpaired) electrons. The second-order valence-corrected chi connectivity index (χ2v) is 4.20. The van der Waals surface area contributed by atoms with Crippen molar-refractivity contribution in [2.24, 2.45) is 0 Å². The standard InChI is InChI=1S/C12H13F3N2O3/c1-7(4-5-9(18)19)17-11(20)10-8(12(13,14)15)3-2-6-16-10/h2-3,6-7H,4-5H2,1H3,(H,17,20)(H,18,19). The van der Waals surface area contributed by atoms with E-state index in [2.05, 4.69) is 10.3 Å². The lowest BCUT2D eigenvalue weighted by atomic mass is 10.1. The highest BCUT2D eigenvalue weighted by atomic mass is 19.4. The number of rotatable bonds is 5. The monoisotopic (exact) mass is 290 g/mol. The Morgan fingerprint density at radius 2 is 2.10 bits per heavy atom. The maximum atomic E-state index is 12.7. The fraction of sp³-hybridized carbons (Fsp3) is 0.417. The minimum absolute atomic E-state index is 0.120. The minimum atomic E-state index is -4.68. The van der Waals surface area contributed by atoms with Crippen LogP contribution in [0.3, 0.4) is 0 Å². The summed E-state index contributed by atoms with van der Waals surface area (Å²) in [5, 5.41) is 10.8. The highest BCUT2D eigenvalue weighted by Crippen LogP contribution is 2.30. The van der Waals surface area contributed by atoms with Crippen molar-refractivity contribution in [1.29, 1.82) is 0 Å². The fourth-order valence-electron chi connectivity index (χ4n) is 1.52. The van der Waals surface area contributed by atoms with Crippen molar-refractivity contribution in [3.63, 3.8) is 0 Å². The van der Waals surface area contributed by atoms with E-state index in [1.54, 1.807) is 0 Å². The fourth-order valence-corrected chi connectivity index (χ4v) is 1.52. The lowest BCUT2D eigenvalue weighted by Crippen LogP contribution is -2.34. The first-order valence-electron chi connectivity index (χ1n) is 5.76. The van der Waals surface area contributed by atoms with E-state index in [-0.39, 0.29) is 12.8 Å². The number of hydrogen-bond donors (Lipinski definition) is 2. The molecule has 0 saturated heterocycles. The number of nitrogens with zero attached hydrogens (tertiary/aromatic N) is 1. The number of amides is 1. The van der Waals surface area contributed by atoms with E-state index in [4.69, 9.17) is 5.11 Å². The van der Waals surface area contributed by atoms with Gasteiger partial charge >= 0.3 is 12.1 Å². The van der Waals surface area contributed by atoms with Gasteiger partial charge in [0.15, 0.2) is 0 Å². The predicted molar refractivity (Wildman–Crippen MR) is 63.0 cm³/mol. The van der Waals surface area contributed by atoms with Gasteiger partial charge in [-0.15, -0.1) is 0 Å². The van der Waals surface area contributed by atoms with Crippen molar-refractivity contribution in [2.75, 3.05) is 0 Å². The molecule has 0 aromatic carbocycles. The number of hydrogen-bond acceptors (Lipinski definition) is 3. The van der Waals surface area contributed by atoms with Crippen LogP contribution in [0.25, 0.3) is 0 Å². The van der Waals surface area contributed by atoms with Crippen LogP contribution in [0.4, 0.5) is 13.2 Å². The number of carboxylic acids is 1. The Kier molecular flexibility index (Phi) is 5.06. The zero-order chi connectivity index (χ0) is 15.3. The van der Waals surface area contributed by atoms with E-state index in [1.165, 1.54) is 6.92 Å². The zero-order valence-corrected chi connectivity index (χ0v) is 10.6. The topological polar surface area (TPSA) is 79.3 Å². The highest BCUT2D eigenvalue weighted by Gasteiger charge is 2.36. The Hall–Kier alpha value is -2.12. The average molecular weight is 290 g/mol. The molecule has 0 bridgehead atoms. The third-order valence-electron chi connectivity index (χ3n) is 2.50. The number of halogens is 3. The molecule has 20 heavy (non-hydrogen) atoms. The molecule has 1 heterocycles. The number of pyridine rings is 1. The van der Waals surface area contributed by atoms with Crippen molar-refractivity contribution >= 4 is 11.9 Å². The smallest absolute Gasteiger partial charge is 0.418 e. The molecule has 5 nitrogen and oxygen atoms in total. The summed E-state index contributed by atoms with van der Waals surface area (Å²) >= 11 is 0. The van der Waals surface area contributed by atoms with Gasteiger partial charge in [0.2, 0.25) is 0 Å². The van der Waals surface area contributed by atoms with Crippen LogP contribution in [0.5, 0.6) is 0 Å². The van der Waals surface area contributed by atoms with Crippen LogP contribution in [-0.4, -0.2) is 28.0 Å². The van der Waals surface area contributed by atoms with Crippen molar-refractivity contribution in [1.82, 2.24) is 10.3 Å². The number of carboxylic acid groups (broad SMARTS) is 1. The van der Waals surface area contributed by atoms with Gasteiger partial charge in [-0.05, 0) is 25.5 Å². The molecule has 1 unspecified atom stereocenters. The van der Waals surface area contributed by atoms with Gasteiger partial charge in [0, 0.05) is 18.7 Å². The summed E-state index contributed by atoms with van der Waals surface area (Å²) in [7, 11) is 0. The van der Waals surface area contributed by atoms with Crippen molar-refractivity contribution in [3.8, 4) is 0 Å². The summed E-state index contributed by atoms with van der Waals surface area (Å²) < 4.78 is 38.1. The van der Waals surface area contributed by atoms with E-state index < -0.39 is 35.4 Å². The molecule has 0 spiro atoms. The Morgan fingerprint density at radius 3 is 2.65 bits per heavy atom. The molecule has 110 valence electrons. The number of carbonyl (C=O) groups is 2. The molecule has 0 saturated carbocycles. The largest absolute Gasteiger partial charge is 0.481 e. The van der Waals surface area contributed by atoms with E-state index in [0.29, 0.717) is 0 Å². The molecule has 1 aromatic rings. The number of aliphatic carboxylic acids is 1. The summed E-state index contributed by atoms with van der Waals surface area (Å²) in [5.41, 5.74) is -1.84. The Labute approximate surface area is 112 Å². The van der Waals surface area contributed by atoms with Gasteiger partial charge in [-0.1, -0.05) is 0 Å². The molecule has 1 amide bonds. The maximum Gasteiger partial charge on any atom is 0.418 e. The molecule has 1 rings (SSSR count). The molecule has 0 aliphatic carbocycles. The lowest BCUT2D eigenvalue weighted by Gasteiger charge is -2.15. The van der Waals surface area contributed by atoms with Gasteiger partial charge in [-0.3, -0.25) is 14.6 Å². The van der Waals surface area contributed by atoms with E-state index in [9.17, 15) is 22.8 Å². The van der Waals surface area contributed by atoms with Gasteiger partial charge in [0.25, 0.3) is 5.91 Å². The second kappa shape index (κ2) is 6.36. The Bertz CT molecular complexity index is 503. The molecule has 2 N–H and O–H groups in total. The van der Waals surface area contributed by atoms with E-state index in [0.717, 1.165) is 18.3 Å². The molecular formula is C12H13F3N2O3. The number of aromatic nitrogens is 1. The average Bonchev–Trinajstić information content (AvgIpc) is 2.35.